The molecule has 0 atom stereocenters. The van der Waals surface area contributed by atoms with E-state index in [1.54, 1.807) is 6.07 Å². The van der Waals surface area contributed by atoms with Gasteiger partial charge in [0.1, 0.15) is 5.82 Å². The summed E-state index contributed by atoms with van der Waals surface area (Å²) in [6.07, 6.45) is 0.574. The Hall–Kier alpha value is -2.96. The second-order valence-corrected chi connectivity index (χ2v) is 4.22. The number of aliphatic carboxylic acids is 2. The lowest BCUT2D eigenvalue weighted by Gasteiger charge is -2.00. The molecular formula is C14H11FN2O4. The molecule has 0 aliphatic heterocycles. The average molecular weight is 290 g/mol. The number of carbonyl (C=O) groups is 2. The van der Waals surface area contributed by atoms with Crippen LogP contribution in [-0.2, 0) is 16.6 Å². The number of hydrogen-bond acceptors (Lipinski definition) is 3. The lowest BCUT2D eigenvalue weighted by Crippen LogP contribution is -2.07. The van der Waals surface area contributed by atoms with Crippen LogP contribution in [0, 0.1) is 5.82 Å². The van der Waals surface area contributed by atoms with Crippen LogP contribution in [0.4, 0.5) is 4.39 Å². The molecule has 0 saturated carbocycles. The molecule has 1 aromatic heterocycles. The van der Waals surface area contributed by atoms with Crippen molar-refractivity contribution in [1.29, 1.82) is 0 Å². The number of carboxylic acid groups (broad SMARTS) is 2. The van der Waals surface area contributed by atoms with Gasteiger partial charge < -0.3 is 10.2 Å². The fourth-order valence-electron chi connectivity index (χ4n) is 1.89. The van der Waals surface area contributed by atoms with Crippen molar-refractivity contribution in [1.82, 2.24) is 9.78 Å². The summed E-state index contributed by atoms with van der Waals surface area (Å²) in [4.78, 5) is 21.9. The number of halogens is 1. The Morgan fingerprint density at radius 2 is 1.95 bits per heavy atom. The maximum absolute atomic E-state index is 13.7. The molecule has 0 bridgehead atoms. The highest BCUT2D eigenvalue weighted by atomic mass is 19.1. The van der Waals surface area contributed by atoms with Crippen molar-refractivity contribution in [2.45, 2.75) is 0 Å². The van der Waals surface area contributed by atoms with E-state index in [-0.39, 0.29) is 17.0 Å². The van der Waals surface area contributed by atoms with E-state index in [0.717, 1.165) is 0 Å². The number of nitrogens with zero attached hydrogens (tertiary/aromatic N) is 2. The number of benzene rings is 1. The van der Waals surface area contributed by atoms with Crippen LogP contribution in [0.25, 0.3) is 16.8 Å². The van der Waals surface area contributed by atoms with Crippen molar-refractivity contribution in [3.05, 3.63) is 47.9 Å². The number of hydrogen-bond donors (Lipinski definition) is 2. The van der Waals surface area contributed by atoms with Crippen LogP contribution >= 0.6 is 0 Å². The van der Waals surface area contributed by atoms with Gasteiger partial charge in [-0.25, -0.2) is 14.0 Å². The highest BCUT2D eigenvalue weighted by Gasteiger charge is 2.19. The maximum atomic E-state index is 13.7. The smallest absolute Gasteiger partial charge is 0.338 e. The zero-order chi connectivity index (χ0) is 15.6. The molecule has 0 saturated heterocycles. The zero-order valence-electron chi connectivity index (χ0n) is 10.9. The van der Waals surface area contributed by atoms with Gasteiger partial charge in [0.25, 0.3) is 0 Å². The molecule has 2 aromatic rings. The van der Waals surface area contributed by atoms with E-state index in [2.05, 4.69) is 5.10 Å². The summed E-state index contributed by atoms with van der Waals surface area (Å²) < 4.78 is 14.9. The zero-order valence-corrected chi connectivity index (χ0v) is 10.9. The van der Waals surface area contributed by atoms with Crippen molar-refractivity contribution in [3.8, 4) is 11.3 Å². The van der Waals surface area contributed by atoms with Gasteiger partial charge in [0.05, 0.1) is 17.0 Å². The first-order valence-corrected chi connectivity index (χ1v) is 5.87. The molecule has 0 aliphatic carbocycles. The van der Waals surface area contributed by atoms with E-state index in [9.17, 15) is 14.0 Å². The monoisotopic (exact) mass is 290 g/mol. The Labute approximate surface area is 118 Å². The lowest BCUT2D eigenvalue weighted by molar-refractivity contribution is -0.133. The first kappa shape index (κ1) is 14.4. The van der Waals surface area contributed by atoms with Crippen molar-refractivity contribution >= 4 is 17.5 Å². The molecular weight excluding hydrogens is 279 g/mol. The second kappa shape index (κ2) is 5.58. The Morgan fingerprint density at radius 3 is 2.52 bits per heavy atom. The summed E-state index contributed by atoms with van der Waals surface area (Å²) in [5, 5.41) is 21.8. The first-order valence-electron chi connectivity index (χ1n) is 5.87. The molecule has 0 amide bonds. The van der Waals surface area contributed by atoms with E-state index in [0.29, 0.717) is 6.08 Å². The van der Waals surface area contributed by atoms with E-state index in [4.69, 9.17) is 10.2 Å². The van der Waals surface area contributed by atoms with Crippen molar-refractivity contribution in [2.75, 3.05) is 0 Å². The third-order valence-electron chi connectivity index (χ3n) is 2.80. The molecule has 0 spiro atoms. The molecule has 1 heterocycles. The summed E-state index contributed by atoms with van der Waals surface area (Å²) in [5.41, 5.74) is 0.0748. The minimum absolute atomic E-state index is 0.0724. The number of carboxylic acids is 2. The first-order chi connectivity index (χ1) is 9.90. The Bertz CT molecular complexity index is 749. The molecule has 21 heavy (non-hydrogen) atoms. The van der Waals surface area contributed by atoms with Crippen molar-refractivity contribution < 1.29 is 24.2 Å². The van der Waals surface area contributed by atoms with Crippen LogP contribution in [0.3, 0.4) is 0 Å². The molecule has 108 valence electrons. The minimum Gasteiger partial charge on any atom is -0.478 e. The summed E-state index contributed by atoms with van der Waals surface area (Å²) in [6, 6.07) is 7.24. The van der Waals surface area contributed by atoms with E-state index < -0.39 is 23.3 Å². The van der Waals surface area contributed by atoms with Gasteiger partial charge in [-0.05, 0) is 18.2 Å². The number of rotatable bonds is 4. The SMILES string of the molecule is Cn1nc(-c2ccccc2F)cc1/C(=C\C(=O)O)C(=O)O. The Morgan fingerprint density at radius 1 is 1.29 bits per heavy atom. The largest absolute Gasteiger partial charge is 0.478 e. The van der Waals surface area contributed by atoms with Gasteiger partial charge in [-0.2, -0.15) is 5.10 Å². The molecule has 0 aliphatic rings. The third-order valence-corrected chi connectivity index (χ3v) is 2.80. The van der Waals surface area contributed by atoms with Gasteiger partial charge >= 0.3 is 11.9 Å². The topological polar surface area (TPSA) is 92.4 Å². The van der Waals surface area contributed by atoms with Crippen molar-refractivity contribution in [3.63, 3.8) is 0 Å². The quantitative estimate of drug-likeness (QED) is 0.837. The fourth-order valence-corrected chi connectivity index (χ4v) is 1.89. The molecule has 0 radical (unpaired) electrons. The van der Waals surface area contributed by atoms with Crippen LogP contribution in [0.2, 0.25) is 0 Å². The normalized spacial score (nSPS) is 11.4. The third kappa shape index (κ3) is 2.97. The standard InChI is InChI=1S/C14H11FN2O4/c1-17-12(9(14(20)21)6-13(18)19)7-11(16-17)8-4-2-3-5-10(8)15/h2-7H,1H3,(H,18,19)(H,20,21)/b9-6+. The van der Waals surface area contributed by atoms with Gasteiger partial charge in [-0.15, -0.1) is 0 Å². The summed E-state index contributed by atoms with van der Waals surface area (Å²) >= 11 is 0. The van der Waals surface area contributed by atoms with Crippen LogP contribution in [0.5, 0.6) is 0 Å². The Kier molecular flexibility index (Phi) is 3.84. The van der Waals surface area contributed by atoms with Gasteiger partial charge in [0.2, 0.25) is 0 Å². The average Bonchev–Trinajstić information content (AvgIpc) is 2.77. The highest BCUT2D eigenvalue weighted by molar-refractivity contribution is 6.19. The van der Waals surface area contributed by atoms with Gasteiger partial charge in [0.15, 0.2) is 0 Å². The predicted octanol–water partition coefficient (Wildman–Crippen LogP) is 1.78. The summed E-state index contributed by atoms with van der Waals surface area (Å²) in [6.45, 7) is 0. The summed E-state index contributed by atoms with van der Waals surface area (Å²) in [5.74, 6) is -3.29. The van der Waals surface area contributed by atoms with Gasteiger partial charge in [0, 0.05) is 18.7 Å². The number of aromatic nitrogens is 2. The number of aryl methyl sites for hydroxylation is 1. The van der Waals surface area contributed by atoms with Crippen LogP contribution in [0.15, 0.2) is 36.4 Å². The molecule has 7 heteroatoms. The molecule has 2 N–H and O–H groups in total. The maximum Gasteiger partial charge on any atom is 0.338 e. The predicted molar refractivity (Wildman–Crippen MR) is 71.9 cm³/mol. The van der Waals surface area contributed by atoms with Gasteiger partial charge in [-0.3, -0.25) is 4.68 Å². The second-order valence-electron chi connectivity index (χ2n) is 4.22. The van der Waals surface area contributed by atoms with Gasteiger partial charge in [-0.1, -0.05) is 12.1 Å². The van der Waals surface area contributed by atoms with Crippen LogP contribution < -0.4 is 0 Å². The van der Waals surface area contributed by atoms with E-state index in [1.165, 1.54) is 36.0 Å². The molecule has 6 nitrogen and oxygen atoms in total. The molecule has 2 rings (SSSR count). The molecule has 0 fully saturated rings. The van der Waals surface area contributed by atoms with E-state index in [1.807, 2.05) is 0 Å². The Balaban J connectivity index is 2.56. The fraction of sp³-hybridized carbons (Fsp3) is 0.0714. The van der Waals surface area contributed by atoms with Crippen molar-refractivity contribution in [2.24, 2.45) is 7.05 Å². The van der Waals surface area contributed by atoms with Crippen LogP contribution in [0.1, 0.15) is 5.69 Å². The van der Waals surface area contributed by atoms with Crippen LogP contribution in [-0.4, -0.2) is 31.9 Å². The molecule has 1 aromatic carbocycles. The lowest BCUT2D eigenvalue weighted by atomic mass is 10.1. The minimum atomic E-state index is -1.40. The highest BCUT2D eigenvalue weighted by Crippen LogP contribution is 2.25. The van der Waals surface area contributed by atoms with E-state index >= 15 is 0 Å². The molecule has 0 unspecified atom stereocenters. The summed E-state index contributed by atoms with van der Waals surface area (Å²) in [7, 11) is 1.46.